The average molecular weight is 354 g/mol. The molecule has 1 rings (SSSR count). The summed E-state index contributed by atoms with van der Waals surface area (Å²) in [5, 5.41) is 11.0. The normalized spacial score (nSPS) is 11.2. The summed E-state index contributed by atoms with van der Waals surface area (Å²) >= 11 is 11.5. The van der Waals surface area contributed by atoms with Crippen LogP contribution in [0.15, 0.2) is 17.0 Å². The summed E-state index contributed by atoms with van der Waals surface area (Å²) in [6.07, 6.45) is 0.149. The zero-order valence-electron chi connectivity index (χ0n) is 11.0. The number of hydrogen-bond acceptors (Lipinski definition) is 4. The number of hydrogen-bond donors (Lipinski definition) is 2. The van der Waals surface area contributed by atoms with Gasteiger partial charge in [-0.2, -0.15) is 0 Å². The highest BCUT2D eigenvalue weighted by atomic mass is 35.5. The van der Waals surface area contributed by atoms with Crippen molar-refractivity contribution in [3.05, 3.63) is 27.7 Å². The van der Waals surface area contributed by atoms with Gasteiger partial charge in [-0.05, 0) is 18.6 Å². The van der Waals surface area contributed by atoms with Crippen LogP contribution in [0.1, 0.15) is 23.2 Å². The molecule has 0 fully saturated rings. The van der Waals surface area contributed by atoms with E-state index in [0.717, 1.165) is 12.1 Å². The van der Waals surface area contributed by atoms with E-state index in [0.29, 0.717) is 0 Å². The van der Waals surface area contributed by atoms with Crippen molar-refractivity contribution in [3.8, 4) is 0 Å². The Hall–Kier alpha value is -1.31. The molecule has 0 aliphatic heterocycles. The molecule has 0 radical (unpaired) electrons. The van der Waals surface area contributed by atoms with Gasteiger partial charge in [-0.25, -0.2) is 13.2 Å². The molecule has 1 aromatic carbocycles. The maximum Gasteiger partial charge on any atom is 0.337 e. The van der Waals surface area contributed by atoms with Crippen molar-refractivity contribution in [2.75, 3.05) is 12.8 Å². The van der Waals surface area contributed by atoms with E-state index < -0.39 is 15.8 Å². The van der Waals surface area contributed by atoms with E-state index in [9.17, 15) is 18.0 Å². The zero-order chi connectivity index (χ0) is 16.2. The van der Waals surface area contributed by atoms with Gasteiger partial charge in [-0.15, -0.1) is 0 Å². The predicted molar refractivity (Wildman–Crippen MR) is 78.8 cm³/mol. The monoisotopic (exact) mass is 353 g/mol. The van der Waals surface area contributed by atoms with Crippen LogP contribution in [0.25, 0.3) is 0 Å². The summed E-state index contributed by atoms with van der Waals surface area (Å²) < 4.78 is 24.3. The van der Waals surface area contributed by atoms with Crippen molar-refractivity contribution in [1.29, 1.82) is 0 Å². The highest BCUT2D eigenvalue weighted by Gasteiger charge is 2.22. The van der Waals surface area contributed by atoms with E-state index >= 15 is 0 Å². The Labute approximate surface area is 132 Å². The molecular formula is C12H13Cl2NO5S. The number of aromatic carboxylic acids is 1. The van der Waals surface area contributed by atoms with Crippen LogP contribution in [-0.2, 0) is 14.6 Å². The van der Waals surface area contributed by atoms with Gasteiger partial charge in [0.2, 0.25) is 5.91 Å². The van der Waals surface area contributed by atoms with Crippen LogP contribution < -0.4 is 5.32 Å². The number of rotatable bonds is 6. The first-order valence-electron chi connectivity index (χ1n) is 5.84. The van der Waals surface area contributed by atoms with Crippen molar-refractivity contribution in [3.63, 3.8) is 0 Å². The van der Waals surface area contributed by atoms with Gasteiger partial charge in [0.25, 0.3) is 0 Å². The first-order valence-corrected chi connectivity index (χ1v) is 8.25. The molecule has 6 nitrogen and oxygen atoms in total. The predicted octanol–water partition coefficient (Wildman–Crippen LogP) is 1.99. The Morgan fingerprint density at radius 1 is 1.24 bits per heavy atom. The third-order valence-corrected chi connectivity index (χ3v) is 5.25. The fourth-order valence-corrected chi connectivity index (χ4v) is 3.80. The molecule has 116 valence electrons. The molecule has 0 spiro atoms. The van der Waals surface area contributed by atoms with Gasteiger partial charge in [0.1, 0.15) is 0 Å². The van der Waals surface area contributed by atoms with E-state index in [1.165, 1.54) is 7.05 Å². The van der Waals surface area contributed by atoms with Crippen LogP contribution >= 0.6 is 23.2 Å². The molecule has 0 bridgehead atoms. The van der Waals surface area contributed by atoms with Crippen LogP contribution in [0.5, 0.6) is 0 Å². The van der Waals surface area contributed by atoms with Gasteiger partial charge in [-0.3, -0.25) is 4.79 Å². The number of carboxylic acid groups (broad SMARTS) is 1. The van der Waals surface area contributed by atoms with E-state index in [-0.39, 0.29) is 45.0 Å². The van der Waals surface area contributed by atoms with Crippen LogP contribution in [-0.4, -0.2) is 38.2 Å². The smallest absolute Gasteiger partial charge is 0.337 e. The lowest BCUT2D eigenvalue weighted by molar-refractivity contribution is -0.120. The summed E-state index contributed by atoms with van der Waals surface area (Å²) in [6.45, 7) is 0. The molecule has 0 atom stereocenters. The van der Waals surface area contributed by atoms with E-state index in [1.54, 1.807) is 0 Å². The van der Waals surface area contributed by atoms with Crippen LogP contribution in [0.2, 0.25) is 10.0 Å². The molecule has 9 heteroatoms. The minimum atomic E-state index is -3.80. The Morgan fingerprint density at radius 3 is 2.38 bits per heavy atom. The number of carbonyl (C=O) groups excluding carboxylic acids is 1. The molecule has 0 saturated carbocycles. The minimum Gasteiger partial charge on any atom is -0.478 e. The molecular weight excluding hydrogens is 341 g/mol. The SMILES string of the molecule is CNC(=O)CCCS(=O)(=O)c1cc(C(=O)O)c(Cl)cc1Cl. The number of benzene rings is 1. The van der Waals surface area contributed by atoms with E-state index in [2.05, 4.69) is 5.32 Å². The van der Waals surface area contributed by atoms with E-state index in [1.807, 2.05) is 0 Å². The lowest BCUT2D eigenvalue weighted by atomic mass is 10.2. The molecule has 1 aromatic rings. The van der Waals surface area contributed by atoms with Crippen molar-refractivity contribution in [2.45, 2.75) is 17.7 Å². The van der Waals surface area contributed by atoms with Gasteiger partial charge in [0.05, 0.1) is 26.3 Å². The van der Waals surface area contributed by atoms with Gasteiger partial charge >= 0.3 is 5.97 Å². The summed E-state index contributed by atoms with van der Waals surface area (Å²) in [4.78, 5) is 21.7. The average Bonchev–Trinajstić information content (AvgIpc) is 2.37. The first-order chi connectivity index (χ1) is 9.69. The van der Waals surface area contributed by atoms with Crippen LogP contribution in [0.3, 0.4) is 0 Å². The van der Waals surface area contributed by atoms with Crippen LogP contribution in [0, 0.1) is 0 Å². The van der Waals surface area contributed by atoms with E-state index in [4.69, 9.17) is 28.3 Å². The first kappa shape index (κ1) is 17.7. The van der Waals surface area contributed by atoms with Crippen molar-refractivity contribution in [2.24, 2.45) is 0 Å². The summed E-state index contributed by atoms with van der Waals surface area (Å²) in [6, 6.07) is 2.01. The number of halogens is 2. The molecule has 0 saturated heterocycles. The zero-order valence-corrected chi connectivity index (χ0v) is 13.3. The van der Waals surface area contributed by atoms with Crippen molar-refractivity contribution >= 4 is 44.9 Å². The summed E-state index contributed by atoms with van der Waals surface area (Å²) in [5.74, 6) is -1.95. The number of sulfone groups is 1. The van der Waals surface area contributed by atoms with Crippen molar-refractivity contribution < 1.29 is 23.1 Å². The maximum absolute atomic E-state index is 12.2. The molecule has 2 N–H and O–H groups in total. The van der Waals surface area contributed by atoms with Gasteiger partial charge in [-0.1, -0.05) is 23.2 Å². The standard InChI is InChI=1S/C12H13Cl2NO5S/c1-15-11(16)3-2-4-21(19,20)10-5-7(12(17)18)8(13)6-9(10)14/h5-6H,2-4H2,1H3,(H,15,16)(H,17,18). The third kappa shape index (κ3) is 4.59. The molecule has 0 aliphatic carbocycles. The summed E-state index contributed by atoms with van der Waals surface area (Å²) in [7, 11) is -2.35. The Balaban J connectivity index is 3.05. The molecule has 0 unspecified atom stereocenters. The van der Waals surface area contributed by atoms with Gasteiger partial charge < -0.3 is 10.4 Å². The Morgan fingerprint density at radius 2 is 1.86 bits per heavy atom. The summed E-state index contributed by atoms with van der Waals surface area (Å²) in [5.41, 5.74) is -0.342. The minimum absolute atomic E-state index is 0.0483. The van der Waals surface area contributed by atoms with Gasteiger partial charge in [0, 0.05) is 13.5 Å². The molecule has 0 aromatic heterocycles. The topological polar surface area (TPSA) is 101 Å². The second-order valence-corrected chi connectivity index (χ2v) is 7.06. The second kappa shape index (κ2) is 7.11. The number of carbonyl (C=O) groups is 2. The Kier molecular flexibility index (Phi) is 6.00. The molecule has 1 amide bonds. The maximum atomic E-state index is 12.2. The fraction of sp³-hybridized carbons (Fsp3) is 0.333. The lowest BCUT2D eigenvalue weighted by Crippen LogP contribution is -2.19. The highest BCUT2D eigenvalue weighted by Crippen LogP contribution is 2.29. The molecule has 0 heterocycles. The number of amides is 1. The van der Waals surface area contributed by atoms with Gasteiger partial charge in [0.15, 0.2) is 9.84 Å². The second-order valence-electron chi connectivity index (χ2n) is 4.16. The number of nitrogens with one attached hydrogen (secondary N) is 1. The molecule has 0 aliphatic rings. The molecule has 21 heavy (non-hydrogen) atoms. The quantitative estimate of drug-likeness (QED) is 0.814. The largest absolute Gasteiger partial charge is 0.478 e. The fourth-order valence-electron chi connectivity index (χ4n) is 1.59. The van der Waals surface area contributed by atoms with Crippen molar-refractivity contribution in [1.82, 2.24) is 5.32 Å². The lowest BCUT2D eigenvalue weighted by Gasteiger charge is -2.09. The number of carboxylic acids is 1. The third-order valence-electron chi connectivity index (χ3n) is 2.68. The van der Waals surface area contributed by atoms with Crippen LogP contribution in [0.4, 0.5) is 0 Å². The highest BCUT2D eigenvalue weighted by molar-refractivity contribution is 7.91. The Bertz CT molecular complexity index is 672.